The molecule has 2 heterocycles. The van der Waals surface area contributed by atoms with Crippen molar-refractivity contribution in [1.29, 1.82) is 5.26 Å². The quantitative estimate of drug-likeness (QED) is 0.268. The summed E-state index contributed by atoms with van der Waals surface area (Å²) in [6, 6.07) is -0.497. The van der Waals surface area contributed by atoms with Crippen LogP contribution in [0.15, 0.2) is 0 Å². The Bertz CT molecular complexity index is 430. The molecule has 106 valence electrons. The number of urea groups is 1. The maximum Gasteiger partial charge on any atom is 1.00 e. The van der Waals surface area contributed by atoms with Crippen molar-refractivity contribution in [2.75, 3.05) is 13.1 Å². The molecule has 0 aliphatic carbocycles. The Hall–Kier alpha value is -0.864. The Morgan fingerprint density at radius 3 is 2.50 bits per heavy atom. The number of nitriles is 1. The number of likely N-dealkylation sites (tertiary alicyclic amines) is 1. The van der Waals surface area contributed by atoms with Gasteiger partial charge < -0.3 is 11.6 Å². The van der Waals surface area contributed by atoms with E-state index in [0.29, 0.717) is 13.0 Å². The van der Waals surface area contributed by atoms with Crippen LogP contribution in [-0.2, 0) is 4.79 Å². The maximum atomic E-state index is 11.4. The van der Waals surface area contributed by atoms with Crippen LogP contribution in [0.1, 0.15) is 20.7 Å². The molecule has 20 heavy (non-hydrogen) atoms. The standard InChI is InChI=1S/C9H13N3O4.CHNO.K.H/c13-6-5-12(8(14)10-6)7-3-1-2-4-11(7)9(15)16;2-1-3;;/h7H,1-5H2,(H,15,16)(H,10,13,14);3H;;/q;;+1;-1. The SMILES string of the molecule is N#CO.O=C1CN(C2CCCCN2C(=O)O)C(=O)N1.[H-].[K+]. The third kappa shape index (κ3) is 4.91. The number of carbonyl (C=O) groups excluding carboxylic acids is 2. The van der Waals surface area contributed by atoms with Crippen LogP contribution < -0.4 is 56.7 Å². The summed E-state index contributed by atoms with van der Waals surface area (Å²) in [4.78, 5) is 36.0. The van der Waals surface area contributed by atoms with Gasteiger partial charge >= 0.3 is 63.5 Å². The van der Waals surface area contributed by atoms with Crippen LogP contribution in [0, 0.1) is 11.5 Å². The Morgan fingerprint density at radius 2 is 2.05 bits per heavy atom. The first-order chi connectivity index (χ1) is 9.01. The van der Waals surface area contributed by atoms with Gasteiger partial charge in [-0.2, -0.15) is 5.26 Å². The molecule has 0 radical (unpaired) electrons. The summed E-state index contributed by atoms with van der Waals surface area (Å²) in [6.45, 7) is 0.366. The Morgan fingerprint density at radius 1 is 1.45 bits per heavy atom. The van der Waals surface area contributed by atoms with E-state index in [1.165, 1.54) is 9.80 Å². The number of carboxylic acid groups (broad SMARTS) is 1. The second-order valence-corrected chi connectivity index (χ2v) is 4.03. The zero-order valence-corrected chi connectivity index (χ0v) is 14.2. The molecule has 0 bridgehead atoms. The predicted octanol–water partition coefficient (Wildman–Crippen LogP) is -3.02. The van der Waals surface area contributed by atoms with E-state index in [1.54, 1.807) is 0 Å². The molecule has 2 saturated heterocycles. The summed E-state index contributed by atoms with van der Waals surface area (Å²) < 4.78 is 0. The van der Waals surface area contributed by atoms with E-state index in [2.05, 4.69) is 5.32 Å². The smallest absolute Gasteiger partial charge is 1.00 e. The molecule has 0 saturated carbocycles. The summed E-state index contributed by atoms with van der Waals surface area (Å²) in [7, 11) is 0. The van der Waals surface area contributed by atoms with Crippen LogP contribution in [-0.4, -0.2) is 57.3 Å². The number of aliphatic hydroxyl groups is 1. The van der Waals surface area contributed by atoms with E-state index in [9.17, 15) is 14.4 Å². The number of aliphatic hydroxyl groups excluding tert-OH is 1. The second-order valence-electron chi connectivity index (χ2n) is 4.03. The molecule has 2 fully saturated rings. The van der Waals surface area contributed by atoms with Crippen LogP contribution >= 0.6 is 0 Å². The van der Waals surface area contributed by atoms with Gasteiger partial charge in [0.1, 0.15) is 12.7 Å². The summed E-state index contributed by atoms with van der Waals surface area (Å²) in [6.07, 6.45) is 1.46. The molecule has 0 spiro atoms. The van der Waals surface area contributed by atoms with Crippen molar-refractivity contribution >= 4 is 18.0 Å². The molecule has 0 aromatic carbocycles. The normalized spacial score (nSPS) is 21.1. The average molecular weight is 310 g/mol. The molecular formula is C10H15KN4O5. The van der Waals surface area contributed by atoms with Crippen molar-refractivity contribution in [3.05, 3.63) is 0 Å². The Kier molecular flexibility index (Phi) is 8.75. The van der Waals surface area contributed by atoms with Gasteiger partial charge in [-0.25, -0.2) is 9.59 Å². The van der Waals surface area contributed by atoms with Gasteiger partial charge in [0.05, 0.1) is 0 Å². The van der Waals surface area contributed by atoms with Crippen LogP contribution in [0.5, 0.6) is 0 Å². The number of nitrogens with zero attached hydrogens (tertiary/aromatic N) is 3. The topological polar surface area (TPSA) is 134 Å². The van der Waals surface area contributed by atoms with Gasteiger partial charge in [0.15, 0.2) is 0 Å². The van der Waals surface area contributed by atoms with Crippen molar-refractivity contribution in [1.82, 2.24) is 15.1 Å². The van der Waals surface area contributed by atoms with Crippen molar-refractivity contribution < 1.29 is 77.4 Å². The molecule has 10 heteroatoms. The largest absolute Gasteiger partial charge is 1.00 e. The predicted molar refractivity (Wildman–Crippen MR) is 61.3 cm³/mol. The molecular weight excluding hydrogens is 295 g/mol. The number of hydrogen-bond acceptors (Lipinski definition) is 5. The molecule has 0 aromatic heterocycles. The van der Waals surface area contributed by atoms with E-state index in [4.69, 9.17) is 15.5 Å². The molecule has 4 amide bonds. The van der Waals surface area contributed by atoms with Gasteiger partial charge in [0.2, 0.25) is 5.91 Å². The fourth-order valence-electron chi connectivity index (χ4n) is 2.16. The first-order valence-electron chi connectivity index (χ1n) is 5.64. The molecule has 9 nitrogen and oxygen atoms in total. The van der Waals surface area contributed by atoms with Crippen molar-refractivity contribution in [2.45, 2.75) is 25.4 Å². The first kappa shape index (κ1) is 19.1. The molecule has 2 rings (SSSR count). The van der Waals surface area contributed by atoms with E-state index in [1.807, 2.05) is 0 Å². The van der Waals surface area contributed by atoms with Crippen LogP contribution in [0.3, 0.4) is 0 Å². The minimum atomic E-state index is -1.04. The number of nitrogens with one attached hydrogen (secondary N) is 1. The molecule has 3 N–H and O–H groups in total. The van der Waals surface area contributed by atoms with E-state index in [-0.39, 0.29) is 65.3 Å². The van der Waals surface area contributed by atoms with Gasteiger partial charge in [-0.05, 0) is 19.3 Å². The zero-order valence-electron chi connectivity index (χ0n) is 12.1. The van der Waals surface area contributed by atoms with E-state index in [0.717, 1.165) is 19.1 Å². The first-order valence-corrected chi connectivity index (χ1v) is 5.64. The molecule has 1 atom stereocenters. The molecule has 0 aromatic rings. The third-order valence-electron chi connectivity index (χ3n) is 2.90. The summed E-state index contributed by atoms with van der Waals surface area (Å²) in [5.74, 6) is -0.374. The molecule has 2 aliphatic rings. The second kappa shape index (κ2) is 9.14. The summed E-state index contributed by atoms with van der Waals surface area (Å²) >= 11 is 0. The van der Waals surface area contributed by atoms with E-state index < -0.39 is 18.3 Å². The number of hydrogen-bond donors (Lipinski definition) is 3. The fraction of sp³-hybridized carbons (Fsp3) is 0.600. The number of amides is 4. The van der Waals surface area contributed by atoms with E-state index >= 15 is 0 Å². The van der Waals surface area contributed by atoms with Crippen molar-refractivity contribution in [3.8, 4) is 6.26 Å². The third-order valence-corrected chi connectivity index (χ3v) is 2.90. The number of rotatable bonds is 1. The van der Waals surface area contributed by atoms with Crippen LogP contribution in [0.25, 0.3) is 0 Å². The van der Waals surface area contributed by atoms with Crippen molar-refractivity contribution in [2.24, 2.45) is 0 Å². The Balaban J connectivity index is 0. The molecule has 2 aliphatic heterocycles. The van der Waals surface area contributed by atoms with Gasteiger partial charge in [0.25, 0.3) is 6.26 Å². The number of imide groups is 1. The van der Waals surface area contributed by atoms with Crippen molar-refractivity contribution in [3.63, 3.8) is 0 Å². The average Bonchev–Trinajstić information content (AvgIpc) is 2.69. The van der Waals surface area contributed by atoms with Gasteiger partial charge in [0, 0.05) is 6.54 Å². The zero-order chi connectivity index (χ0) is 14.4. The van der Waals surface area contributed by atoms with Crippen LogP contribution in [0.2, 0.25) is 0 Å². The summed E-state index contributed by atoms with van der Waals surface area (Å²) in [5.41, 5.74) is 0. The van der Waals surface area contributed by atoms with Gasteiger partial charge in [-0.15, -0.1) is 0 Å². The van der Waals surface area contributed by atoms with Gasteiger partial charge in [-0.3, -0.25) is 19.9 Å². The Labute approximate surface area is 159 Å². The minimum absolute atomic E-state index is 0. The van der Waals surface area contributed by atoms with Gasteiger partial charge in [-0.1, -0.05) is 0 Å². The number of piperidine rings is 1. The maximum absolute atomic E-state index is 11.4. The minimum Gasteiger partial charge on any atom is -1.00 e. The molecule has 1 unspecified atom stereocenters. The van der Waals surface area contributed by atoms with Crippen LogP contribution in [0.4, 0.5) is 9.59 Å². The monoisotopic (exact) mass is 310 g/mol. The fourth-order valence-corrected chi connectivity index (χ4v) is 2.16. The summed E-state index contributed by atoms with van der Waals surface area (Å²) in [5, 5.41) is 24.9. The number of carbonyl (C=O) groups is 3.